The van der Waals surface area contributed by atoms with E-state index in [0.717, 1.165) is 0 Å². The van der Waals surface area contributed by atoms with Gasteiger partial charge >= 0.3 is 0 Å². The molecule has 0 fully saturated rings. The number of aromatic nitrogens is 1. The summed E-state index contributed by atoms with van der Waals surface area (Å²) in [7, 11) is 1.47. The Hall–Kier alpha value is -2.57. The summed E-state index contributed by atoms with van der Waals surface area (Å²) in [5.41, 5.74) is 0.540. The summed E-state index contributed by atoms with van der Waals surface area (Å²) >= 11 is 0. The molecule has 1 heterocycles. The Labute approximate surface area is 108 Å². The summed E-state index contributed by atoms with van der Waals surface area (Å²) in [6.07, 6.45) is 0. The van der Waals surface area contributed by atoms with Gasteiger partial charge in [-0.05, 0) is 13.0 Å². The molecule has 2 rings (SSSR count). The van der Waals surface area contributed by atoms with Gasteiger partial charge < -0.3 is 14.0 Å². The second-order valence-electron chi connectivity index (χ2n) is 3.81. The molecule has 0 radical (unpaired) electrons. The average molecular weight is 264 g/mol. The Morgan fingerprint density at radius 3 is 2.74 bits per heavy atom. The van der Waals surface area contributed by atoms with Gasteiger partial charge in [0.25, 0.3) is 5.69 Å². The highest BCUT2D eigenvalue weighted by molar-refractivity contribution is 5.48. The SMILES string of the molecule is COc1ccc([N+](=O)[O-])cc1OCc1cc(C)on1. The number of hydrogen-bond acceptors (Lipinski definition) is 6. The summed E-state index contributed by atoms with van der Waals surface area (Å²) in [4.78, 5) is 10.2. The molecule has 100 valence electrons. The first-order chi connectivity index (χ1) is 9.10. The molecular formula is C12H12N2O5. The van der Waals surface area contributed by atoms with Crippen LogP contribution in [0, 0.1) is 17.0 Å². The van der Waals surface area contributed by atoms with Gasteiger partial charge in [0.1, 0.15) is 18.1 Å². The van der Waals surface area contributed by atoms with Crippen molar-refractivity contribution in [2.24, 2.45) is 0 Å². The van der Waals surface area contributed by atoms with Crippen LogP contribution >= 0.6 is 0 Å². The molecule has 0 saturated heterocycles. The number of methoxy groups -OCH3 is 1. The van der Waals surface area contributed by atoms with Crippen LogP contribution < -0.4 is 9.47 Å². The maximum absolute atomic E-state index is 10.7. The van der Waals surface area contributed by atoms with E-state index < -0.39 is 4.92 Å². The summed E-state index contributed by atoms with van der Waals surface area (Å²) in [6.45, 7) is 1.92. The van der Waals surface area contributed by atoms with Crippen molar-refractivity contribution in [1.29, 1.82) is 0 Å². The summed E-state index contributed by atoms with van der Waals surface area (Å²) in [5.74, 6) is 1.38. The summed E-state index contributed by atoms with van der Waals surface area (Å²) in [6, 6.07) is 5.88. The minimum absolute atomic E-state index is 0.0628. The molecule has 0 atom stereocenters. The van der Waals surface area contributed by atoms with E-state index in [9.17, 15) is 10.1 Å². The maximum Gasteiger partial charge on any atom is 0.273 e. The van der Waals surface area contributed by atoms with Gasteiger partial charge in [-0.1, -0.05) is 5.16 Å². The van der Waals surface area contributed by atoms with Crippen molar-refractivity contribution in [1.82, 2.24) is 5.16 Å². The standard InChI is InChI=1S/C12H12N2O5/c1-8-5-9(13-19-8)7-18-12-6-10(14(15)16)3-4-11(12)17-2/h3-6H,7H2,1-2H3. The van der Waals surface area contributed by atoms with Crippen LogP contribution in [0.25, 0.3) is 0 Å². The molecule has 0 aliphatic rings. The van der Waals surface area contributed by atoms with E-state index in [1.165, 1.54) is 25.3 Å². The van der Waals surface area contributed by atoms with E-state index in [4.69, 9.17) is 14.0 Å². The Kier molecular flexibility index (Phi) is 3.65. The normalized spacial score (nSPS) is 10.2. The van der Waals surface area contributed by atoms with Gasteiger partial charge in [0, 0.05) is 12.1 Å². The van der Waals surface area contributed by atoms with Crippen LogP contribution in [0.2, 0.25) is 0 Å². The molecule has 0 N–H and O–H groups in total. The molecular weight excluding hydrogens is 252 g/mol. The fourth-order valence-electron chi connectivity index (χ4n) is 1.53. The van der Waals surface area contributed by atoms with E-state index in [0.29, 0.717) is 17.2 Å². The van der Waals surface area contributed by atoms with Crippen molar-refractivity contribution >= 4 is 5.69 Å². The predicted molar refractivity (Wildman–Crippen MR) is 65.2 cm³/mol. The third-order valence-corrected chi connectivity index (χ3v) is 2.41. The number of nitro groups is 1. The van der Waals surface area contributed by atoms with Crippen LogP contribution in [0.3, 0.4) is 0 Å². The Bertz CT molecular complexity index is 594. The molecule has 0 aliphatic heterocycles. The zero-order chi connectivity index (χ0) is 13.8. The third-order valence-electron chi connectivity index (χ3n) is 2.41. The first kappa shape index (κ1) is 12.9. The van der Waals surface area contributed by atoms with Crippen LogP contribution in [-0.4, -0.2) is 17.2 Å². The van der Waals surface area contributed by atoms with Gasteiger partial charge in [-0.2, -0.15) is 0 Å². The smallest absolute Gasteiger partial charge is 0.273 e. The minimum Gasteiger partial charge on any atom is -0.493 e. The lowest BCUT2D eigenvalue weighted by Crippen LogP contribution is -1.99. The van der Waals surface area contributed by atoms with E-state index in [2.05, 4.69) is 5.16 Å². The third kappa shape index (κ3) is 3.01. The number of rotatable bonds is 5. The number of nitro benzene ring substituents is 1. The van der Waals surface area contributed by atoms with Crippen molar-refractivity contribution in [3.05, 3.63) is 45.8 Å². The largest absolute Gasteiger partial charge is 0.493 e. The molecule has 1 aromatic carbocycles. The molecule has 0 amide bonds. The molecule has 0 aliphatic carbocycles. The average Bonchev–Trinajstić information content (AvgIpc) is 2.81. The zero-order valence-corrected chi connectivity index (χ0v) is 10.5. The highest BCUT2D eigenvalue weighted by Crippen LogP contribution is 2.31. The number of benzene rings is 1. The molecule has 7 nitrogen and oxygen atoms in total. The molecule has 19 heavy (non-hydrogen) atoms. The van der Waals surface area contributed by atoms with Crippen molar-refractivity contribution in [2.75, 3.05) is 7.11 Å². The van der Waals surface area contributed by atoms with Gasteiger partial charge in [-0.3, -0.25) is 10.1 Å². The highest BCUT2D eigenvalue weighted by atomic mass is 16.6. The van der Waals surface area contributed by atoms with Gasteiger partial charge in [0.15, 0.2) is 11.5 Å². The Morgan fingerprint density at radius 2 is 2.16 bits per heavy atom. The van der Waals surface area contributed by atoms with Gasteiger partial charge in [-0.25, -0.2) is 0 Å². The van der Waals surface area contributed by atoms with E-state index in [1.807, 2.05) is 0 Å². The lowest BCUT2D eigenvalue weighted by atomic mass is 10.3. The number of hydrogen-bond donors (Lipinski definition) is 0. The number of non-ortho nitro benzene ring substituents is 1. The lowest BCUT2D eigenvalue weighted by molar-refractivity contribution is -0.385. The number of ether oxygens (including phenoxy) is 2. The van der Waals surface area contributed by atoms with Crippen LogP contribution in [-0.2, 0) is 6.61 Å². The van der Waals surface area contributed by atoms with E-state index in [1.54, 1.807) is 13.0 Å². The molecule has 0 spiro atoms. The lowest BCUT2D eigenvalue weighted by Gasteiger charge is -2.08. The number of aryl methyl sites for hydroxylation is 1. The monoisotopic (exact) mass is 264 g/mol. The fourth-order valence-corrected chi connectivity index (χ4v) is 1.53. The highest BCUT2D eigenvalue weighted by Gasteiger charge is 2.13. The topological polar surface area (TPSA) is 87.6 Å². The first-order valence-corrected chi connectivity index (χ1v) is 5.47. The van der Waals surface area contributed by atoms with E-state index in [-0.39, 0.29) is 18.0 Å². The molecule has 0 unspecified atom stereocenters. The maximum atomic E-state index is 10.7. The van der Waals surface area contributed by atoms with Crippen molar-refractivity contribution in [3.8, 4) is 11.5 Å². The van der Waals surface area contributed by atoms with Crippen molar-refractivity contribution in [2.45, 2.75) is 13.5 Å². The second kappa shape index (κ2) is 5.38. The van der Waals surface area contributed by atoms with Crippen molar-refractivity contribution in [3.63, 3.8) is 0 Å². The number of nitrogens with zero attached hydrogens (tertiary/aromatic N) is 2. The predicted octanol–water partition coefficient (Wildman–Crippen LogP) is 2.48. The first-order valence-electron chi connectivity index (χ1n) is 5.47. The fraction of sp³-hybridized carbons (Fsp3) is 0.250. The van der Waals surface area contributed by atoms with Crippen LogP contribution in [0.5, 0.6) is 11.5 Å². The van der Waals surface area contributed by atoms with Crippen LogP contribution in [0.4, 0.5) is 5.69 Å². The van der Waals surface area contributed by atoms with Gasteiger partial charge in [0.2, 0.25) is 0 Å². The zero-order valence-electron chi connectivity index (χ0n) is 10.5. The van der Waals surface area contributed by atoms with Crippen LogP contribution in [0.15, 0.2) is 28.8 Å². The Morgan fingerprint density at radius 1 is 1.37 bits per heavy atom. The van der Waals surface area contributed by atoms with E-state index >= 15 is 0 Å². The molecule has 2 aromatic rings. The molecule has 1 aromatic heterocycles. The second-order valence-corrected chi connectivity index (χ2v) is 3.81. The molecule has 7 heteroatoms. The van der Waals surface area contributed by atoms with Crippen LogP contribution in [0.1, 0.15) is 11.5 Å². The van der Waals surface area contributed by atoms with Gasteiger partial charge in [-0.15, -0.1) is 0 Å². The molecule has 0 saturated carbocycles. The summed E-state index contributed by atoms with van der Waals surface area (Å²) in [5, 5.41) is 14.5. The summed E-state index contributed by atoms with van der Waals surface area (Å²) < 4.78 is 15.5. The van der Waals surface area contributed by atoms with Crippen molar-refractivity contribution < 1.29 is 18.9 Å². The molecule has 0 bridgehead atoms. The Balaban J connectivity index is 2.17. The quantitative estimate of drug-likeness (QED) is 0.609. The minimum atomic E-state index is -0.494. The van der Waals surface area contributed by atoms with Gasteiger partial charge in [0.05, 0.1) is 18.1 Å².